The van der Waals surface area contributed by atoms with Gasteiger partial charge in [0.25, 0.3) is 0 Å². The second-order valence-corrected chi connectivity index (χ2v) is 7.72. The highest BCUT2D eigenvalue weighted by Crippen LogP contribution is 2.37. The Morgan fingerprint density at radius 3 is 2.24 bits per heavy atom. The summed E-state index contributed by atoms with van der Waals surface area (Å²) in [7, 11) is 1.98. The summed E-state index contributed by atoms with van der Waals surface area (Å²) in [6.45, 7) is 0. The topological polar surface area (TPSA) is 12.0 Å². The van der Waals surface area contributed by atoms with Gasteiger partial charge in [-0.3, -0.25) is 0 Å². The van der Waals surface area contributed by atoms with Crippen LogP contribution in [0.1, 0.15) is 16.5 Å². The molecule has 0 aliphatic rings. The lowest BCUT2D eigenvalue weighted by molar-refractivity contribution is 0.703. The van der Waals surface area contributed by atoms with Crippen LogP contribution < -0.4 is 5.32 Å². The molecule has 1 aromatic carbocycles. The van der Waals surface area contributed by atoms with Gasteiger partial charge >= 0.3 is 0 Å². The van der Waals surface area contributed by atoms with E-state index in [1.165, 1.54) is 10.4 Å². The molecular weight excluding hydrogens is 430 g/mol. The fourth-order valence-electron chi connectivity index (χ4n) is 1.63. The molecular formula is C12H10Br3NS. The number of benzene rings is 1. The minimum atomic E-state index is 0.232. The van der Waals surface area contributed by atoms with Crippen molar-refractivity contribution in [2.75, 3.05) is 7.05 Å². The summed E-state index contributed by atoms with van der Waals surface area (Å²) in [6, 6.07) is 10.8. The number of hydrogen-bond donors (Lipinski definition) is 1. The van der Waals surface area contributed by atoms with Gasteiger partial charge in [0, 0.05) is 13.8 Å². The lowest BCUT2D eigenvalue weighted by atomic mass is 10.1. The highest BCUT2D eigenvalue weighted by molar-refractivity contribution is 9.13. The number of nitrogens with one attached hydrogen (secondary N) is 1. The third-order valence-corrected chi connectivity index (χ3v) is 6.29. The van der Waals surface area contributed by atoms with E-state index in [-0.39, 0.29) is 6.04 Å². The van der Waals surface area contributed by atoms with E-state index in [0.29, 0.717) is 0 Å². The van der Waals surface area contributed by atoms with Crippen molar-refractivity contribution in [1.82, 2.24) is 5.32 Å². The maximum atomic E-state index is 3.53. The van der Waals surface area contributed by atoms with Crippen LogP contribution in [0.15, 0.2) is 43.1 Å². The molecule has 0 fully saturated rings. The van der Waals surface area contributed by atoms with Gasteiger partial charge in [0.1, 0.15) is 0 Å². The van der Waals surface area contributed by atoms with Crippen molar-refractivity contribution >= 4 is 59.1 Å². The van der Waals surface area contributed by atoms with Gasteiger partial charge in [-0.1, -0.05) is 28.1 Å². The molecule has 17 heavy (non-hydrogen) atoms. The molecule has 0 saturated carbocycles. The molecule has 90 valence electrons. The van der Waals surface area contributed by atoms with Gasteiger partial charge in [0.05, 0.1) is 9.83 Å². The van der Waals surface area contributed by atoms with Gasteiger partial charge in [-0.25, -0.2) is 0 Å². The molecule has 5 heteroatoms. The zero-order chi connectivity index (χ0) is 12.4. The first-order valence-corrected chi connectivity index (χ1v) is 8.19. The Kier molecular flexibility index (Phi) is 4.83. The second kappa shape index (κ2) is 5.97. The Balaban J connectivity index is 2.36. The minimum absolute atomic E-state index is 0.232. The summed E-state index contributed by atoms with van der Waals surface area (Å²) in [5, 5.41) is 3.35. The van der Waals surface area contributed by atoms with Crippen molar-refractivity contribution < 1.29 is 0 Å². The van der Waals surface area contributed by atoms with Gasteiger partial charge in [0.15, 0.2) is 0 Å². The fraction of sp³-hybridized carbons (Fsp3) is 0.167. The highest BCUT2D eigenvalue weighted by Gasteiger charge is 2.15. The normalized spacial score (nSPS) is 12.7. The van der Waals surface area contributed by atoms with Crippen LogP contribution in [0.25, 0.3) is 0 Å². The van der Waals surface area contributed by atoms with Crippen LogP contribution in [0.4, 0.5) is 0 Å². The van der Waals surface area contributed by atoms with E-state index in [9.17, 15) is 0 Å². The molecule has 0 spiro atoms. The average molecular weight is 440 g/mol. The number of thiophene rings is 1. The first-order valence-electron chi connectivity index (χ1n) is 4.99. The summed E-state index contributed by atoms with van der Waals surface area (Å²) in [4.78, 5) is 1.29. The van der Waals surface area contributed by atoms with Crippen LogP contribution >= 0.6 is 59.1 Å². The summed E-state index contributed by atoms with van der Waals surface area (Å²) in [5.74, 6) is 0. The van der Waals surface area contributed by atoms with Gasteiger partial charge < -0.3 is 5.32 Å². The number of rotatable bonds is 3. The van der Waals surface area contributed by atoms with Gasteiger partial charge in [-0.15, -0.1) is 11.3 Å². The molecule has 1 aromatic heterocycles. The SMILES string of the molecule is CNC(c1ccc(Br)cc1)c1cc(Br)c(Br)s1. The van der Waals surface area contributed by atoms with Crippen molar-refractivity contribution in [1.29, 1.82) is 0 Å². The Morgan fingerprint density at radius 1 is 1.12 bits per heavy atom. The average Bonchev–Trinajstić information content (AvgIpc) is 2.63. The summed E-state index contributed by atoms with van der Waals surface area (Å²) in [6.07, 6.45) is 0. The van der Waals surface area contributed by atoms with E-state index in [2.05, 4.69) is 83.4 Å². The molecule has 2 aromatic rings. The third kappa shape index (κ3) is 3.20. The molecule has 0 aliphatic carbocycles. The minimum Gasteiger partial charge on any atom is -0.309 e. The first-order chi connectivity index (χ1) is 8.11. The van der Waals surface area contributed by atoms with E-state index < -0.39 is 0 Å². The van der Waals surface area contributed by atoms with Crippen LogP contribution in [-0.2, 0) is 0 Å². The Labute approximate surface area is 130 Å². The van der Waals surface area contributed by atoms with Gasteiger partial charge in [0.2, 0.25) is 0 Å². The Bertz CT molecular complexity index is 487. The molecule has 0 saturated heterocycles. The zero-order valence-corrected chi connectivity index (χ0v) is 14.6. The summed E-state index contributed by atoms with van der Waals surface area (Å²) < 4.78 is 3.34. The Morgan fingerprint density at radius 2 is 1.76 bits per heavy atom. The van der Waals surface area contributed by atoms with Crippen LogP contribution in [0.2, 0.25) is 0 Å². The molecule has 0 amide bonds. The molecule has 1 nitrogen and oxygen atoms in total. The maximum absolute atomic E-state index is 3.53. The molecule has 1 unspecified atom stereocenters. The molecule has 1 N–H and O–H groups in total. The van der Waals surface area contributed by atoms with E-state index in [1.54, 1.807) is 11.3 Å². The first kappa shape index (κ1) is 13.7. The van der Waals surface area contributed by atoms with Crippen LogP contribution in [0, 0.1) is 0 Å². The van der Waals surface area contributed by atoms with Crippen molar-refractivity contribution in [2.45, 2.75) is 6.04 Å². The van der Waals surface area contributed by atoms with Crippen molar-refractivity contribution in [3.8, 4) is 0 Å². The highest BCUT2D eigenvalue weighted by atomic mass is 79.9. The molecule has 0 radical (unpaired) electrons. The summed E-state index contributed by atoms with van der Waals surface area (Å²) >= 11 is 12.3. The summed E-state index contributed by atoms with van der Waals surface area (Å²) in [5.41, 5.74) is 1.26. The van der Waals surface area contributed by atoms with E-state index >= 15 is 0 Å². The smallest absolute Gasteiger partial charge is 0.0843 e. The van der Waals surface area contributed by atoms with Crippen LogP contribution in [0.3, 0.4) is 0 Å². The third-order valence-electron chi connectivity index (χ3n) is 2.44. The zero-order valence-electron chi connectivity index (χ0n) is 9.01. The van der Waals surface area contributed by atoms with Crippen LogP contribution in [0.5, 0.6) is 0 Å². The van der Waals surface area contributed by atoms with Gasteiger partial charge in [-0.05, 0) is 62.7 Å². The molecule has 1 heterocycles. The predicted molar refractivity (Wildman–Crippen MR) is 84.8 cm³/mol. The molecule has 0 bridgehead atoms. The predicted octanol–water partition coefficient (Wildman–Crippen LogP) is 5.34. The lowest BCUT2D eigenvalue weighted by Gasteiger charge is -2.14. The lowest BCUT2D eigenvalue weighted by Crippen LogP contribution is -2.16. The largest absolute Gasteiger partial charge is 0.309 e. The Hall–Kier alpha value is 0.320. The molecule has 0 aliphatic heterocycles. The molecule has 1 atom stereocenters. The maximum Gasteiger partial charge on any atom is 0.0843 e. The number of hydrogen-bond acceptors (Lipinski definition) is 2. The van der Waals surface area contributed by atoms with Crippen LogP contribution in [-0.4, -0.2) is 7.05 Å². The standard InChI is InChI=1S/C12H10Br3NS/c1-16-11(7-2-4-8(13)5-3-7)10-6-9(14)12(15)17-10/h2-6,11,16H,1H3. The second-order valence-electron chi connectivity index (χ2n) is 3.54. The monoisotopic (exact) mass is 437 g/mol. The van der Waals surface area contributed by atoms with Crippen molar-refractivity contribution in [2.24, 2.45) is 0 Å². The fourth-order valence-corrected chi connectivity index (χ4v) is 4.13. The van der Waals surface area contributed by atoms with Crippen molar-refractivity contribution in [3.05, 3.63) is 53.5 Å². The quantitative estimate of drug-likeness (QED) is 0.680. The van der Waals surface area contributed by atoms with E-state index in [0.717, 1.165) is 12.7 Å². The molecule has 2 rings (SSSR count). The van der Waals surface area contributed by atoms with Crippen molar-refractivity contribution in [3.63, 3.8) is 0 Å². The van der Waals surface area contributed by atoms with E-state index in [1.807, 2.05) is 7.05 Å². The van der Waals surface area contributed by atoms with E-state index in [4.69, 9.17) is 0 Å². The van der Waals surface area contributed by atoms with Gasteiger partial charge in [-0.2, -0.15) is 0 Å². The number of halogens is 3.